The molecule has 0 aliphatic carbocycles. The highest BCUT2D eigenvalue weighted by Gasteiger charge is 2.17. The number of carbonyl (C=O) groups excluding carboxylic acids is 1. The van der Waals surface area contributed by atoms with Gasteiger partial charge in [-0.15, -0.1) is 0 Å². The molecule has 2 amide bonds. The number of ether oxygens (including phenoxy) is 1. The maximum Gasteiger partial charge on any atom is 0.314 e. The van der Waals surface area contributed by atoms with Crippen LogP contribution in [0.1, 0.15) is 31.4 Å². The number of amides is 2. The van der Waals surface area contributed by atoms with Gasteiger partial charge in [-0.05, 0) is 42.4 Å². The van der Waals surface area contributed by atoms with Gasteiger partial charge >= 0.3 is 6.03 Å². The molecule has 0 fully saturated rings. The molecule has 0 saturated heterocycles. The van der Waals surface area contributed by atoms with Crippen molar-refractivity contribution in [3.8, 4) is 5.75 Å². The molecule has 0 unspecified atom stereocenters. The van der Waals surface area contributed by atoms with Gasteiger partial charge in [0.2, 0.25) is 0 Å². The predicted octanol–water partition coefficient (Wildman–Crippen LogP) is 2.25. The Balaban J connectivity index is 2.33. The van der Waals surface area contributed by atoms with Crippen molar-refractivity contribution >= 4 is 6.03 Å². The van der Waals surface area contributed by atoms with Crippen LogP contribution in [0.2, 0.25) is 0 Å². The Morgan fingerprint density at radius 3 is 2.68 bits per heavy atom. The van der Waals surface area contributed by atoms with Crippen molar-refractivity contribution in [2.75, 3.05) is 26.8 Å². The van der Waals surface area contributed by atoms with Crippen molar-refractivity contribution in [2.24, 2.45) is 5.41 Å². The molecule has 0 bridgehead atoms. The summed E-state index contributed by atoms with van der Waals surface area (Å²) in [4.78, 5) is 11.8. The Kier molecular flexibility index (Phi) is 7.18. The summed E-state index contributed by atoms with van der Waals surface area (Å²) in [6.45, 7) is 7.27. The standard InChI is InChI=1S/C17H28N2O3/c1-13-5-6-14(11-15(13)22-4)7-9-18-16(21)19-12-17(2,3)8-10-20/h5-6,11,20H,7-10,12H2,1-4H3,(H2,18,19,21). The molecule has 1 aromatic carbocycles. The van der Waals surface area contributed by atoms with Gasteiger partial charge in [0.15, 0.2) is 0 Å². The summed E-state index contributed by atoms with van der Waals surface area (Å²) in [5.41, 5.74) is 2.13. The van der Waals surface area contributed by atoms with Crippen molar-refractivity contribution in [1.29, 1.82) is 0 Å². The number of urea groups is 1. The molecule has 0 saturated carbocycles. The second-order valence-electron chi connectivity index (χ2n) is 6.30. The van der Waals surface area contributed by atoms with Gasteiger partial charge in [-0.3, -0.25) is 0 Å². The van der Waals surface area contributed by atoms with E-state index in [0.29, 0.717) is 19.5 Å². The van der Waals surface area contributed by atoms with Gasteiger partial charge in [0.1, 0.15) is 5.75 Å². The number of hydrogen-bond acceptors (Lipinski definition) is 3. The fourth-order valence-corrected chi connectivity index (χ4v) is 2.11. The van der Waals surface area contributed by atoms with Gasteiger partial charge in [0.05, 0.1) is 7.11 Å². The van der Waals surface area contributed by atoms with E-state index in [4.69, 9.17) is 9.84 Å². The maximum atomic E-state index is 11.8. The van der Waals surface area contributed by atoms with E-state index in [0.717, 1.165) is 23.3 Å². The topological polar surface area (TPSA) is 70.6 Å². The van der Waals surface area contributed by atoms with E-state index in [2.05, 4.69) is 10.6 Å². The van der Waals surface area contributed by atoms with E-state index >= 15 is 0 Å². The monoisotopic (exact) mass is 308 g/mol. The molecule has 124 valence electrons. The lowest BCUT2D eigenvalue weighted by molar-refractivity contribution is 0.201. The number of nitrogens with one attached hydrogen (secondary N) is 2. The Morgan fingerprint density at radius 1 is 1.32 bits per heavy atom. The average Bonchev–Trinajstić information content (AvgIpc) is 2.47. The molecular formula is C17H28N2O3. The third-order valence-electron chi connectivity index (χ3n) is 3.69. The molecule has 0 aliphatic heterocycles. The van der Waals surface area contributed by atoms with Crippen molar-refractivity contribution in [3.63, 3.8) is 0 Å². The summed E-state index contributed by atoms with van der Waals surface area (Å²) in [6, 6.07) is 5.89. The Bertz CT molecular complexity index is 487. The zero-order valence-corrected chi connectivity index (χ0v) is 14.0. The summed E-state index contributed by atoms with van der Waals surface area (Å²) in [5.74, 6) is 0.868. The van der Waals surface area contributed by atoms with Gasteiger partial charge < -0.3 is 20.5 Å². The van der Waals surface area contributed by atoms with Gasteiger partial charge in [0, 0.05) is 19.7 Å². The smallest absolute Gasteiger partial charge is 0.314 e. The fourth-order valence-electron chi connectivity index (χ4n) is 2.11. The Morgan fingerprint density at radius 2 is 2.05 bits per heavy atom. The van der Waals surface area contributed by atoms with Gasteiger partial charge in [0.25, 0.3) is 0 Å². The lowest BCUT2D eigenvalue weighted by Crippen LogP contribution is -2.41. The number of methoxy groups -OCH3 is 1. The number of benzene rings is 1. The van der Waals surface area contributed by atoms with E-state index in [9.17, 15) is 4.79 Å². The highest BCUT2D eigenvalue weighted by atomic mass is 16.5. The molecule has 0 spiro atoms. The number of rotatable bonds is 8. The minimum atomic E-state index is -0.176. The molecule has 5 nitrogen and oxygen atoms in total. The van der Waals surface area contributed by atoms with Crippen molar-refractivity contribution in [2.45, 2.75) is 33.6 Å². The molecule has 3 N–H and O–H groups in total. The lowest BCUT2D eigenvalue weighted by Gasteiger charge is -2.23. The maximum absolute atomic E-state index is 11.8. The Labute approximate surface area is 133 Å². The molecule has 0 aliphatic rings. The predicted molar refractivity (Wildman–Crippen MR) is 88.3 cm³/mol. The van der Waals surface area contributed by atoms with E-state index in [1.807, 2.05) is 39.0 Å². The third kappa shape index (κ3) is 6.35. The van der Waals surface area contributed by atoms with Gasteiger partial charge in [-0.25, -0.2) is 4.79 Å². The first-order valence-electron chi connectivity index (χ1n) is 7.64. The number of aryl methyl sites for hydroxylation is 1. The third-order valence-corrected chi connectivity index (χ3v) is 3.69. The zero-order chi connectivity index (χ0) is 16.6. The van der Waals surface area contributed by atoms with Crippen LogP contribution in [-0.2, 0) is 6.42 Å². The SMILES string of the molecule is COc1cc(CCNC(=O)NCC(C)(C)CCO)ccc1C. The van der Waals surface area contributed by atoms with Crippen LogP contribution in [0.5, 0.6) is 5.75 Å². The van der Waals surface area contributed by atoms with Crippen LogP contribution in [0.15, 0.2) is 18.2 Å². The molecule has 5 heteroatoms. The summed E-state index contributed by atoms with van der Waals surface area (Å²) >= 11 is 0. The van der Waals surface area contributed by atoms with Crippen LogP contribution in [0.3, 0.4) is 0 Å². The van der Waals surface area contributed by atoms with Crippen LogP contribution >= 0.6 is 0 Å². The molecule has 0 heterocycles. The Hall–Kier alpha value is -1.75. The van der Waals surface area contributed by atoms with Crippen LogP contribution in [0, 0.1) is 12.3 Å². The van der Waals surface area contributed by atoms with Crippen LogP contribution in [0.4, 0.5) is 4.79 Å². The van der Waals surface area contributed by atoms with E-state index in [1.165, 1.54) is 0 Å². The molecule has 0 radical (unpaired) electrons. The second-order valence-corrected chi connectivity index (χ2v) is 6.30. The average molecular weight is 308 g/mol. The first-order valence-corrected chi connectivity index (χ1v) is 7.64. The molecule has 0 atom stereocenters. The molecule has 22 heavy (non-hydrogen) atoms. The summed E-state index contributed by atoms with van der Waals surface area (Å²) in [6.07, 6.45) is 1.42. The van der Waals surface area contributed by atoms with Crippen molar-refractivity contribution < 1.29 is 14.6 Å². The minimum Gasteiger partial charge on any atom is -0.496 e. The van der Waals surface area contributed by atoms with Crippen LogP contribution in [0.25, 0.3) is 0 Å². The lowest BCUT2D eigenvalue weighted by atomic mass is 9.90. The van der Waals surface area contributed by atoms with Gasteiger partial charge in [-0.1, -0.05) is 26.0 Å². The van der Waals surface area contributed by atoms with Crippen molar-refractivity contribution in [1.82, 2.24) is 10.6 Å². The quantitative estimate of drug-likeness (QED) is 0.690. The van der Waals surface area contributed by atoms with E-state index in [-0.39, 0.29) is 18.1 Å². The summed E-state index contributed by atoms with van der Waals surface area (Å²) in [7, 11) is 1.66. The minimum absolute atomic E-state index is 0.101. The highest BCUT2D eigenvalue weighted by Crippen LogP contribution is 2.19. The van der Waals surface area contributed by atoms with Crippen LogP contribution in [-0.4, -0.2) is 37.9 Å². The fraction of sp³-hybridized carbons (Fsp3) is 0.588. The zero-order valence-electron chi connectivity index (χ0n) is 14.0. The van der Waals surface area contributed by atoms with E-state index < -0.39 is 0 Å². The van der Waals surface area contributed by atoms with Gasteiger partial charge in [-0.2, -0.15) is 0 Å². The first-order chi connectivity index (χ1) is 10.4. The number of carbonyl (C=O) groups is 1. The number of aliphatic hydroxyl groups is 1. The normalized spacial score (nSPS) is 11.1. The highest BCUT2D eigenvalue weighted by molar-refractivity contribution is 5.73. The number of aliphatic hydroxyl groups excluding tert-OH is 1. The summed E-state index contributed by atoms with van der Waals surface area (Å²) in [5, 5.41) is 14.6. The molecule has 0 aromatic heterocycles. The largest absolute Gasteiger partial charge is 0.496 e. The molecule has 1 rings (SSSR count). The molecular weight excluding hydrogens is 280 g/mol. The second kappa shape index (κ2) is 8.63. The molecule has 1 aromatic rings. The summed E-state index contributed by atoms with van der Waals surface area (Å²) < 4.78 is 5.29. The number of hydrogen-bond donors (Lipinski definition) is 3. The van der Waals surface area contributed by atoms with Crippen molar-refractivity contribution in [3.05, 3.63) is 29.3 Å². The first kappa shape index (κ1) is 18.3. The van der Waals surface area contributed by atoms with Crippen LogP contribution < -0.4 is 15.4 Å². The van der Waals surface area contributed by atoms with E-state index in [1.54, 1.807) is 7.11 Å².